The Morgan fingerprint density at radius 1 is 1.29 bits per heavy atom. The van der Waals surface area contributed by atoms with Crippen molar-refractivity contribution in [1.82, 2.24) is 20.5 Å². The fourth-order valence-corrected chi connectivity index (χ4v) is 2.43. The third-order valence-electron chi connectivity index (χ3n) is 2.38. The molecule has 2 rings (SSSR count). The van der Waals surface area contributed by atoms with Gasteiger partial charge in [0.25, 0.3) is 5.89 Å². The van der Waals surface area contributed by atoms with Crippen molar-refractivity contribution < 1.29 is 4.42 Å². The molecule has 1 N–H and O–H groups in total. The molecule has 17 heavy (non-hydrogen) atoms. The lowest BCUT2D eigenvalue weighted by atomic mass is 10.3. The molecule has 0 bridgehead atoms. The zero-order chi connectivity index (χ0) is 12.3. The number of hydrogen-bond acceptors (Lipinski definition) is 6. The highest BCUT2D eigenvalue weighted by Crippen LogP contribution is 2.28. The molecule has 0 fully saturated rings. The highest BCUT2D eigenvalue weighted by Gasteiger charge is 2.14. The monoisotopic (exact) mass is 252 g/mol. The largest absolute Gasteiger partial charge is 0.420 e. The molecule has 5 nitrogen and oxygen atoms in total. The number of nitrogens with zero attached hydrogens (tertiary/aromatic N) is 3. The first kappa shape index (κ1) is 12.2. The van der Waals surface area contributed by atoms with E-state index in [9.17, 15) is 0 Å². The van der Waals surface area contributed by atoms with Crippen molar-refractivity contribution >= 4 is 11.3 Å². The van der Waals surface area contributed by atoms with E-state index < -0.39 is 0 Å². The Kier molecular flexibility index (Phi) is 3.86. The smallest absolute Gasteiger partial charge is 0.259 e. The van der Waals surface area contributed by atoms with Crippen LogP contribution in [0.5, 0.6) is 0 Å². The molecule has 2 aromatic heterocycles. The summed E-state index contributed by atoms with van der Waals surface area (Å²) in [7, 11) is 1.93. The summed E-state index contributed by atoms with van der Waals surface area (Å²) in [6.07, 6.45) is 1.81. The van der Waals surface area contributed by atoms with Crippen LogP contribution in [0, 0.1) is 13.8 Å². The van der Waals surface area contributed by atoms with E-state index in [0.717, 1.165) is 35.0 Å². The van der Waals surface area contributed by atoms with Gasteiger partial charge >= 0.3 is 0 Å². The minimum atomic E-state index is 0.590. The molecule has 6 heteroatoms. The second-order valence-electron chi connectivity index (χ2n) is 3.86. The van der Waals surface area contributed by atoms with Gasteiger partial charge in [-0.15, -0.1) is 21.5 Å². The summed E-state index contributed by atoms with van der Waals surface area (Å²) in [5, 5.41) is 12.2. The van der Waals surface area contributed by atoms with Gasteiger partial charge in [0.05, 0.1) is 10.7 Å². The molecule has 0 spiro atoms. The molecule has 92 valence electrons. The van der Waals surface area contributed by atoms with Crippen LogP contribution in [0.1, 0.15) is 23.0 Å². The zero-order valence-electron chi connectivity index (χ0n) is 10.3. The van der Waals surface area contributed by atoms with Crippen LogP contribution in [0.2, 0.25) is 0 Å². The van der Waals surface area contributed by atoms with E-state index in [-0.39, 0.29) is 0 Å². The van der Waals surface area contributed by atoms with Gasteiger partial charge in [0, 0.05) is 6.42 Å². The summed E-state index contributed by atoms with van der Waals surface area (Å²) in [4.78, 5) is 5.33. The lowest BCUT2D eigenvalue weighted by Crippen LogP contribution is -2.08. The Labute approximate surface area is 104 Å². The zero-order valence-corrected chi connectivity index (χ0v) is 11.1. The Bertz CT molecular complexity index is 491. The van der Waals surface area contributed by atoms with Gasteiger partial charge in [-0.2, -0.15) is 0 Å². The van der Waals surface area contributed by atoms with Crippen LogP contribution in [-0.4, -0.2) is 28.8 Å². The van der Waals surface area contributed by atoms with E-state index in [1.54, 1.807) is 11.3 Å². The van der Waals surface area contributed by atoms with Gasteiger partial charge in [-0.25, -0.2) is 4.98 Å². The van der Waals surface area contributed by atoms with Crippen molar-refractivity contribution in [2.45, 2.75) is 26.7 Å². The molecular formula is C11H16N4OS. The maximum Gasteiger partial charge on any atom is 0.259 e. The maximum atomic E-state index is 5.63. The van der Waals surface area contributed by atoms with Crippen molar-refractivity contribution in [3.8, 4) is 10.8 Å². The van der Waals surface area contributed by atoms with Crippen molar-refractivity contribution in [1.29, 1.82) is 0 Å². The van der Waals surface area contributed by atoms with E-state index in [2.05, 4.69) is 20.5 Å². The standard InChI is InChI=1S/C11H16N4OS/c1-7-10(17-8(2)13-7)11-15-14-9(16-11)5-4-6-12-3/h12H,4-6H2,1-3H3. The number of thiazole rings is 1. The number of rotatable bonds is 5. The molecular weight excluding hydrogens is 236 g/mol. The van der Waals surface area contributed by atoms with E-state index >= 15 is 0 Å². The predicted octanol–water partition coefficient (Wildman–Crippen LogP) is 1.96. The summed E-state index contributed by atoms with van der Waals surface area (Å²) < 4.78 is 5.63. The van der Waals surface area contributed by atoms with Gasteiger partial charge in [0.2, 0.25) is 5.89 Å². The fraction of sp³-hybridized carbons (Fsp3) is 0.545. The van der Waals surface area contributed by atoms with Crippen LogP contribution in [0.15, 0.2) is 4.42 Å². The molecule has 0 amide bonds. The molecule has 0 aromatic carbocycles. The normalized spacial score (nSPS) is 11.0. The first-order valence-electron chi connectivity index (χ1n) is 5.62. The molecule has 0 saturated carbocycles. The van der Waals surface area contributed by atoms with Gasteiger partial charge in [0.15, 0.2) is 0 Å². The molecule has 2 aromatic rings. The quantitative estimate of drug-likeness (QED) is 0.824. The van der Waals surface area contributed by atoms with Crippen LogP contribution in [0.4, 0.5) is 0 Å². The third-order valence-corrected chi connectivity index (χ3v) is 3.44. The first-order valence-corrected chi connectivity index (χ1v) is 6.43. The molecule has 0 aliphatic carbocycles. The summed E-state index contributed by atoms with van der Waals surface area (Å²) in [5.74, 6) is 1.29. The second kappa shape index (κ2) is 5.37. The van der Waals surface area contributed by atoms with Gasteiger partial charge in [-0.1, -0.05) is 0 Å². The lowest BCUT2D eigenvalue weighted by Gasteiger charge is -1.94. The van der Waals surface area contributed by atoms with Crippen LogP contribution >= 0.6 is 11.3 Å². The highest BCUT2D eigenvalue weighted by molar-refractivity contribution is 7.15. The van der Waals surface area contributed by atoms with Crippen LogP contribution in [0.25, 0.3) is 10.8 Å². The minimum Gasteiger partial charge on any atom is -0.420 e. The molecule has 2 heterocycles. The molecule has 0 saturated heterocycles. The summed E-state index contributed by atoms with van der Waals surface area (Å²) >= 11 is 1.59. The Balaban J connectivity index is 2.10. The van der Waals surface area contributed by atoms with Crippen molar-refractivity contribution in [2.24, 2.45) is 0 Å². The third kappa shape index (κ3) is 2.89. The average Bonchev–Trinajstić information content (AvgIpc) is 2.86. The van der Waals surface area contributed by atoms with Gasteiger partial charge in [0.1, 0.15) is 4.88 Å². The second-order valence-corrected chi connectivity index (χ2v) is 5.06. The topological polar surface area (TPSA) is 63.8 Å². The molecule has 0 radical (unpaired) electrons. The Morgan fingerprint density at radius 3 is 2.76 bits per heavy atom. The van der Waals surface area contributed by atoms with Gasteiger partial charge in [-0.05, 0) is 33.9 Å². The highest BCUT2D eigenvalue weighted by atomic mass is 32.1. The number of aromatic nitrogens is 3. The van der Waals surface area contributed by atoms with Crippen LogP contribution < -0.4 is 5.32 Å². The number of nitrogens with one attached hydrogen (secondary N) is 1. The first-order chi connectivity index (χ1) is 8.20. The molecule has 0 aliphatic rings. The SMILES string of the molecule is CNCCCc1nnc(-c2sc(C)nc2C)o1. The Hall–Kier alpha value is -1.27. The molecule has 0 atom stereocenters. The molecule has 0 aliphatic heterocycles. The maximum absolute atomic E-state index is 5.63. The molecule has 0 unspecified atom stereocenters. The van der Waals surface area contributed by atoms with Crippen LogP contribution in [-0.2, 0) is 6.42 Å². The van der Waals surface area contributed by atoms with E-state index in [1.807, 2.05) is 20.9 Å². The van der Waals surface area contributed by atoms with Crippen molar-refractivity contribution in [3.05, 3.63) is 16.6 Å². The number of hydrogen-bond donors (Lipinski definition) is 1. The van der Waals surface area contributed by atoms with Crippen LogP contribution in [0.3, 0.4) is 0 Å². The summed E-state index contributed by atoms with van der Waals surface area (Å²) in [5.41, 5.74) is 0.956. The van der Waals surface area contributed by atoms with Gasteiger partial charge in [-0.3, -0.25) is 0 Å². The van der Waals surface area contributed by atoms with Gasteiger partial charge < -0.3 is 9.73 Å². The summed E-state index contributed by atoms with van der Waals surface area (Å²) in [6.45, 7) is 4.89. The van der Waals surface area contributed by atoms with E-state index in [0.29, 0.717) is 11.8 Å². The Morgan fingerprint density at radius 2 is 2.12 bits per heavy atom. The van der Waals surface area contributed by atoms with E-state index in [1.165, 1.54) is 0 Å². The fourth-order valence-electron chi connectivity index (χ4n) is 1.59. The minimum absolute atomic E-state index is 0.590. The number of aryl methyl sites for hydroxylation is 3. The summed E-state index contributed by atoms with van der Waals surface area (Å²) in [6, 6.07) is 0. The van der Waals surface area contributed by atoms with E-state index in [4.69, 9.17) is 4.42 Å². The predicted molar refractivity (Wildman–Crippen MR) is 67.1 cm³/mol. The lowest BCUT2D eigenvalue weighted by molar-refractivity contribution is 0.495. The average molecular weight is 252 g/mol. The van der Waals surface area contributed by atoms with Crippen molar-refractivity contribution in [3.63, 3.8) is 0 Å². The van der Waals surface area contributed by atoms with Crippen molar-refractivity contribution in [2.75, 3.05) is 13.6 Å².